The first kappa shape index (κ1) is 29.5. The van der Waals surface area contributed by atoms with Gasteiger partial charge in [0.05, 0.1) is 17.7 Å². The number of carbonyl (C=O) groups excluding carboxylic acids is 2. The Labute approximate surface area is 236 Å². The van der Waals surface area contributed by atoms with Crippen molar-refractivity contribution in [3.63, 3.8) is 0 Å². The number of hydrogen-bond acceptors (Lipinski definition) is 5. The lowest BCUT2D eigenvalue weighted by Crippen LogP contribution is -2.51. The number of halogens is 2. The number of carbonyl (C=O) groups is 2. The van der Waals surface area contributed by atoms with Crippen molar-refractivity contribution >= 4 is 55.1 Å². The molecular weight excluding hydrogens is 594 g/mol. The van der Waals surface area contributed by atoms with Crippen LogP contribution in [0.1, 0.15) is 19.4 Å². The molecule has 1 atom stereocenters. The zero-order valence-electron chi connectivity index (χ0n) is 21.2. The van der Waals surface area contributed by atoms with Crippen molar-refractivity contribution in [3.8, 4) is 5.75 Å². The molecule has 0 aromatic heterocycles. The van der Waals surface area contributed by atoms with Crippen LogP contribution in [0.3, 0.4) is 0 Å². The molecule has 0 heterocycles. The van der Waals surface area contributed by atoms with Crippen LogP contribution in [-0.2, 0) is 26.2 Å². The maximum atomic E-state index is 13.8. The Hall–Kier alpha value is -3.08. The van der Waals surface area contributed by atoms with Crippen molar-refractivity contribution < 1.29 is 22.7 Å². The summed E-state index contributed by atoms with van der Waals surface area (Å²) >= 11 is 9.57. The number of ether oxygens (including phenoxy) is 1. The van der Waals surface area contributed by atoms with Crippen molar-refractivity contribution in [2.24, 2.45) is 0 Å². The molecule has 3 aromatic carbocycles. The molecule has 2 amide bonds. The van der Waals surface area contributed by atoms with Gasteiger partial charge in [0.15, 0.2) is 0 Å². The van der Waals surface area contributed by atoms with E-state index in [0.717, 1.165) is 14.3 Å². The minimum Gasteiger partial charge on any atom is -0.497 e. The predicted molar refractivity (Wildman–Crippen MR) is 152 cm³/mol. The fraction of sp³-hybridized carbons (Fsp3) is 0.259. The molecule has 3 rings (SSSR count). The number of likely N-dealkylation sites (N-methyl/N-ethyl adjacent to an activating group) is 1. The smallest absolute Gasteiger partial charge is 0.264 e. The van der Waals surface area contributed by atoms with Gasteiger partial charge in [0.1, 0.15) is 18.3 Å². The molecule has 0 aliphatic carbocycles. The molecule has 0 bridgehead atoms. The standard InChI is InChI=1S/C27H29BrClN3O5S/c1-4-30-27(34)19(2)31(17-20-8-10-21(28)11-9-20)26(33)18-32(23-7-5-6-22(29)16-23)38(35,36)25-14-12-24(37-3)13-15-25/h5-16,19H,4,17-18H2,1-3H3,(H,30,34). The Balaban J connectivity index is 2.02. The summed E-state index contributed by atoms with van der Waals surface area (Å²) in [4.78, 5) is 27.9. The maximum Gasteiger partial charge on any atom is 0.264 e. The fourth-order valence-corrected chi connectivity index (χ4v) is 5.58. The molecule has 0 radical (unpaired) electrons. The van der Waals surface area contributed by atoms with Gasteiger partial charge in [-0.3, -0.25) is 13.9 Å². The van der Waals surface area contributed by atoms with Gasteiger partial charge in [-0.25, -0.2) is 8.42 Å². The molecule has 0 spiro atoms. The second kappa shape index (κ2) is 13.1. The van der Waals surface area contributed by atoms with Crippen LogP contribution in [0.4, 0.5) is 5.69 Å². The van der Waals surface area contributed by atoms with Gasteiger partial charge in [-0.1, -0.05) is 45.7 Å². The van der Waals surface area contributed by atoms with E-state index in [2.05, 4.69) is 21.2 Å². The van der Waals surface area contributed by atoms with Gasteiger partial charge in [0.2, 0.25) is 11.8 Å². The van der Waals surface area contributed by atoms with Crippen LogP contribution >= 0.6 is 27.5 Å². The second-order valence-corrected chi connectivity index (χ2v) is 11.6. The van der Waals surface area contributed by atoms with E-state index < -0.39 is 28.5 Å². The molecule has 0 aliphatic rings. The number of hydrogen-bond donors (Lipinski definition) is 1. The van der Waals surface area contributed by atoms with E-state index in [4.69, 9.17) is 16.3 Å². The van der Waals surface area contributed by atoms with E-state index in [0.29, 0.717) is 17.3 Å². The Morgan fingerprint density at radius 2 is 1.71 bits per heavy atom. The number of anilines is 1. The summed E-state index contributed by atoms with van der Waals surface area (Å²) in [5.41, 5.74) is 1.00. The summed E-state index contributed by atoms with van der Waals surface area (Å²) in [6, 6.07) is 18.6. The highest BCUT2D eigenvalue weighted by Crippen LogP contribution is 2.28. The van der Waals surface area contributed by atoms with Gasteiger partial charge in [0, 0.05) is 22.6 Å². The monoisotopic (exact) mass is 621 g/mol. The topological polar surface area (TPSA) is 96.0 Å². The average Bonchev–Trinajstić information content (AvgIpc) is 2.91. The van der Waals surface area contributed by atoms with Crippen molar-refractivity contribution in [2.75, 3.05) is 24.5 Å². The highest BCUT2D eigenvalue weighted by atomic mass is 79.9. The summed E-state index contributed by atoms with van der Waals surface area (Å²) in [5.74, 6) is -0.403. The molecule has 38 heavy (non-hydrogen) atoms. The van der Waals surface area contributed by atoms with Crippen molar-refractivity contribution in [1.29, 1.82) is 0 Å². The summed E-state index contributed by atoms with van der Waals surface area (Å²) in [6.07, 6.45) is 0. The lowest BCUT2D eigenvalue weighted by molar-refractivity contribution is -0.139. The molecule has 0 saturated carbocycles. The molecule has 1 N–H and O–H groups in total. The van der Waals surface area contributed by atoms with Gasteiger partial charge in [-0.05, 0) is 74.0 Å². The van der Waals surface area contributed by atoms with Gasteiger partial charge < -0.3 is 15.0 Å². The van der Waals surface area contributed by atoms with Gasteiger partial charge in [-0.2, -0.15) is 0 Å². The van der Waals surface area contributed by atoms with Crippen LogP contribution in [0.25, 0.3) is 0 Å². The van der Waals surface area contributed by atoms with Crippen LogP contribution in [0.2, 0.25) is 5.02 Å². The number of nitrogens with one attached hydrogen (secondary N) is 1. The molecule has 1 unspecified atom stereocenters. The van der Waals surface area contributed by atoms with Crippen molar-refractivity contribution in [2.45, 2.75) is 31.3 Å². The predicted octanol–water partition coefficient (Wildman–Crippen LogP) is 4.86. The van der Waals surface area contributed by atoms with E-state index in [1.54, 1.807) is 32.0 Å². The van der Waals surface area contributed by atoms with E-state index in [-0.39, 0.29) is 23.0 Å². The Morgan fingerprint density at radius 1 is 1.05 bits per heavy atom. The van der Waals surface area contributed by atoms with Crippen LogP contribution < -0.4 is 14.4 Å². The fourth-order valence-electron chi connectivity index (χ4n) is 3.73. The Bertz CT molecular complexity index is 1370. The number of methoxy groups -OCH3 is 1. The van der Waals surface area contributed by atoms with Crippen molar-refractivity contribution in [3.05, 3.63) is 87.9 Å². The van der Waals surface area contributed by atoms with E-state index in [1.807, 2.05) is 24.3 Å². The van der Waals surface area contributed by atoms with Gasteiger partial charge in [0.25, 0.3) is 10.0 Å². The molecule has 0 aliphatic heterocycles. The van der Waals surface area contributed by atoms with Crippen LogP contribution in [-0.4, -0.2) is 51.4 Å². The highest BCUT2D eigenvalue weighted by molar-refractivity contribution is 9.10. The molecule has 202 valence electrons. The number of benzene rings is 3. The minimum absolute atomic E-state index is 0.0256. The number of amides is 2. The van der Waals surface area contributed by atoms with E-state index in [9.17, 15) is 18.0 Å². The van der Waals surface area contributed by atoms with Crippen molar-refractivity contribution in [1.82, 2.24) is 10.2 Å². The largest absolute Gasteiger partial charge is 0.497 e. The average molecular weight is 623 g/mol. The summed E-state index contributed by atoms with van der Waals surface area (Å²) in [5, 5.41) is 3.05. The van der Waals surface area contributed by atoms with Crippen LogP contribution in [0.15, 0.2) is 82.2 Å². The molecule has 0 fully saturated rings. The first-order chi connectivity index (χ1) is 18.1. The SMILES string of the molecule is CCNC(=O)C(C)N(Cc1ccc(Br)cc1)C(=O)CN(c1cccc(Cl)c1)S(=O)(=O)c1ccc(OC)cc1. The number of rotatable bonds is 11. The minimum atomic E-state index is -4.19. The maximum absolute atomic E-state index is 13.8. The summed E-state index contributed by atoms with van der Waals surface area (Å²) in [7, 11) is -2.71. The highest BCUT2D eigenvalue weighted by Gasteiger charge is 2.32. The summed E-state index contributed by atoms with van der Waals surface area (Å²) in [6.45, 7) is 3.35. The number of nitrogens with zero attached hydrogens (tertiary/aromatic N) is 2. The summed E-state index contributed by atoms with van der Waals surface area (Å²) < 4.78 is 34.6. The third kappa shape index (κ3) is 7.27. The van der Waals surface area contributed by atoms with Crippen LogP contribution in [0.5, 0.6) is 5.75 Å². The Morgan fingerprint density at radius 3 is 2.29 bits per heavy atom. The Kier molecular flexibility index (Phi) is 10.2. The lowest BCUT2D eigenvalue weighted by Gasteiger charge is -2.32. The quantitative estimate of drug-likeness (QED) is 0.330. The third-order valence-corrected chi connectivity index (χ3v) is 8.36. The zero-order chi connectivity index (χ0) is 27.9. The molecule has 0 saturated heterocycles. The molecule has 11 heteroatoms. The first-order valence-electron chi connectivity index (χ1n) is 11.8. The van der Waals surface area contributed by atoms with Gasteiger partial charge >= 0.3 is 0 Å². The van der Waals surface area contributed by atoms with E-state index >= 15 is 0 Å². The molecule has 8 nitrogen and oxygen atoms in total. The van der Waals surface area contributed by atoms with Crippen LogP contribution in [0, 0.1) is 0 Å². The second-order valence-electron chi connectivity index (χ2n) is 8.39. The molecular formula is C27H29BrClN3O5S. The number of sulfonamides is 1. The first-order valence-corrected chi connectivity index (χ1v) is 14.4. The van der Waals surface area contributed by atoms with E-state index in [1.165, 1.54) is 42.3 Å². The molecule has 3 aromatic rings. The zero-order valence-corrected chi connectivity index (χ0v) is 24.4. The normalized spacial score (nSPS) is 11.9. The van der Waals surface area contributed by atoms with Gasteiger partial charge in [-0.15, -0.1) is 0 Å². The lowest BCUT2D eigenvalue weighted by atomic mass is 10.1. The third-order valence-electron chi connectivity index (χ3n) is 5.81.